The van der Waals surface area contributed by atoms with Gasteiger partial charge in [0.05, 0.1) is 10.6 Å². The summed E-state index contributed by atoms with van der Waals surface area (Å²) in [5.41, 5.74) is 0.952. The number of hydrogen-bond acceptors (Lipinski definition) is 3. The Hall–Kier alpha value is -1.07. The van der Waals surface area contributed by atoms with E-state index in [0.29, 0.717) is 16.6 Å². The van der Waals surface area contributed by atoms with Gasteiger partial charge in [-0.05, 0) is 42.8 Å². The van der Waals surface area contributed by atoms with Crippen LogP contribution in [0.5, 0.6) is 0 Å². The standard InChI is InChI=1S/C16H17Cl2NO2S/c1-12(15-4-2-3-5-16(15)18)19-10-11-22(20,21)14-8-6-13(17)7-9-14/h2-9,12,19H,10-11H2,1H3. The highest BCUT2D eigenvalue weighted by atomic mass is 35.5. The smallest absolute Gasteiger partial charge is 0.179 e. The van der Waals surface area contributed by atoms with E-state index in [1.807, 2.05) is 31.2 Å². The summed E-state index contributed by atoms with van der Waals surface area (Å²) in [4.78, 5) is 0.282. The van der Waals surface area contributed by atoms with Gasteiger partial charge in [-0.2, -0.15) is 0 Å². The summed E-state index contributed by atoms with van der Waals surface area (Å²) in [5, 5.41) is 4.37. The molecule has 2 aromatic carbocycles. The van der Waals surface area contributed by atoms with E-state index in [1.54, 1.807) is 12.1 Å². The summed E-state index contributed by atoms with van der Waals surface area (Å²) in [7, 11) is -3.32. The van der Waals surface area contributed by atoms with E-state index < -0.39 is 9.84 Å². The lowest BCUT2D eigenvalue weighted by molar-refractivity contribution is 0.572. The van der Waals surface area contributed by atoms with Crippen molar-refractivity contribution in [1.29, 1.82) is 0 Å². The third-order valence-corrected chi connectivity index (χ3v) is 5.69. The first-order valence-electron chi connectivity index (χ1n) is 6.86. The summed E-state index contributed by atoms with van der Waals surface area (Å²) in [6.45, 7) is 2.30. The molecule has 0 radical (unpaired) electrons. The monoisotopic (exact) mass is 357 g/mol. The zero-order valence-corrected chi connectivity index (χ0v) is 14.4. The van der Waals surface area contributed by atoms with E-state index in [2.05, 4.69) is 5.32 Å². The topological polar surface area (TPSA) is 46.2 Å². The van der Waals surface area contributed by atoms with Crippen molar-refractivity contribution in [1.82, 2.24) is 5.32 Å². The van der Waals surface area contributed by atoms with Gasteiger partial charge in [0.15, 0.2) is 9.84 Å². The van der Waals surface area contributed by atoms with E-state index >= 15 is 0 Å². The second-order valence-electron chi connectivity index (χ2n) is 4.97. The van der Waals surface area contributed by atoms with Crippen LogP contribution in [0.25, 0.3) is 0 Å². The highest BCUT2D eigenvalue weighted by Crippen LogP contribution is 2.22. The molecule has 0 saturated heterocycles. The quantitative estimate of drug-likeness (QED) is 0.845. The van der Waals surface area contributed by atoms with E-state index in [-0.39, 0.29) is 16.7 Å². The molecule has 0 saturated carbocycles. The molecule has 0 aliphatic rings. The maximum Gasteiger partial charge on any atom is 0.179 e. The maximum atomic E-state index is 12.2. The third-order valence-electron chi connectivity index (χ3n) is 3.37. The molecular formula is C16H17Cl2NO2S. The molecule has 3 nitrogen and oxygen atoms in total. The molecule has 22 heavy (non-hydrogen) atoms. The summed E-state index contributed by atoms with van der Waals surface area (Å²) >= 11 is 11.9. The molecule has 0 aromatic heterocycles. The van der Waals surface area contributed by atoms with Crippen LogP contribution >= 0.6 is 23.2 Å². The van der Waals surface area contributed by atoms with Crippen molar-refractivity contribution < 1.29 is 8.42 Å². The van der Waals surface area contributed by atoms with Crippen LogP contribution in [-0.4, -0.2) is 20.7 Å². The van der Waals surface area contributed by atoms with Crippen molar-refractivity contribution in [2.75, 3.05) is 12.3 Å². The van der Waals surface area contributed by atoms with Crippen LogP contribution < -0.4 is 5.32 Å². The minimum atomic E-state index is -3.32. The molecule has 1 atom stereocenters. The second-order valence-corrected chi connectivity index (χ2v) is 7.92. The van der Waals surface area contributed by atoms with Gasteiger partial charge in [-0.1, -0.05) is 41.4 Å². The van der Waals surface area contributed by atoms with Crippen LogP contribution in [0.15, 0.2) is 53.4 Å². The zero-order valence-electron chi connectivity index (χ0n) is 12.1. The Labute approximate surface area is 141 Å². The lowest BCUT2D eigenvalue weighted by Gasteiger charge is -2.15. The summed E-state index contributed by atoms with van der Waals surface area (Å²) in [6.07, 6.45) is 0. The Morgan fingerprint density at radius 1 is 1.05 bits per heavy atom. The minimum Gasteiger partial charge on any atom is -0.309 e. The van der Waals surface area contributed by atoms with Gasteiger partial charge in [0, 0.05) is 22.6 Å². The van der Waals surface area contributed by atoms with Crippen LogP contribution in [0.1, 0.15) is 18.5 Å². The molecular weight excluding hydrogens is 341 g/mol. The first-order valence-corrected chi connectivity index (χ1v) is 9.27. The highest BCUT2D eigenvalue weighted by molar-refractivity contribution is 7.91. The number of benzene rings is 2. The fourth-order valence-corrected chi connectivity index (χ4v) is 3.70. The first-order chi connectivity index (χ1) is 10.4. The normalized spacial score (nSPS) is 13.0. The molecule has 6 heteroatoms. The summed E-state index contributed by atoms with van der Waals surface area (Å²) in [6, 6.07) is 13.7. The van der Waals surface area contributed by atoms with Crippen molar-refractivity contribution in [3.63, 3.8) is 0 Å². The SMILES string of the molecule is CC(NCCS(=O)(=O)c1ccc(Cl)cc1)c1ccccc1Cl. The van der Waals surface area contributed by atoms with Crippen LogP contribution in [0.2, 0.25) is 10.0 Å². The Bertz CT molecular complexity index is 730. The van der Waals surface area contributed by atoms with Crippen molar-refractivity contribution in [2.24, 2.45) is 0 Å². The predicted octanol–water partition coefficient (Wildman–Crippen LogP) is 4.12. The number of halogens is 2. The first kappa shape index (κ1) is 17.3. The molecule has 0 aliphatic heterocycles. The fourth-order valence-electron chi connectivity index (χ4n) is 2.11. The fraction of sp³-hybridized carbons (Fsp3) is 0.250. The van der Waals surface area contributed by atoms with Gasteiger partial charge in [0.1, 0.15) is 0 Å². The van der Waals surface area contributed by atoms with Gasteiger partial charge in [0.25, 0.3) is 0 Å². The molecule has 0 bridgehead atoms. The van der Waals surface area contributed by atoms with E-state index in [0.717, 1.165) is 5.56 Å². The number of hydrogen-bond donors (Lipinski definition) is 1. The molecule has 0 amide bonds. The molecule has 2 aromatic rings. The zero-order chi connectivity index (χ0) is 16.2. The van der Waals surface area contributed by atoms with E-state index in [1.165, 1.54) is 12.1 Å². The highest BCUT2D eigenvalue weighted by Gasteiger charge is 2.15. The summed E-state index contributed by atoms with van der Waals surface area (Å²) in [5.74, 6) is 0.0173. The molecule has 2 rings (SSSR count). The average molecular weight is 358 g/mol. The van der Waals surface area contributed by atoms with E-state index in [4.69, 9.17) is 23.2 Å². The molecule has 0 fully saturated rings. The molecule has 1 N–H and O–H groups in total. The van der Waals surface area contributed by atoms with Gasteiger partial charge in [-0.25, -0.2) is 8.42 Å². The summed E-state index contributed by atoms with van der Waals surface area (Å²) < 4.78 is 24.4. The van der Waals surface area contributed by atoms with Crippen molar-refractivity contribution >= 4 is 33.0 Å². The second kappa shape index (κ2) is 7.47. The molecule has 0 aliphatic carbocycles. The minimum absolute atomic E-state index is 0.0173. The van der Waals surface area contributed by atoms with Crippen LogP contribution in [0, 0.1) is 0 Å². The van der Waals surface area contributed by atoms with Crippen molar-refractivity contribution in [3.8, 4) is 0 Å². The van der Waals surface area contributed by atoms with Crippen molar-refractivity contribution in [3.05, 3.63) is 64.1 Å². The van der Waals surface area contributed by atoms with Crippen LogP contribution in [-0.2, 0) is 9.84 Å². The van der Waals surface area contributed by atoms with Crippen LogP contribution in [0.4, 0.5) is 0 Å². The molecule has 118 valence electrons. The van der Waals surface area contributed by atoms with Crippen LogP contribution in [0.3, 0.4) is 0 Å². The number of nitrogens with one attached hydrogen (secondary N) is 1. The van der Waals surface area contributed by atoms with E-state index in [9.17, 15) is 8.42 Å². The Balaban J connectivity index is 1.95. The van der Waals surface area contributed by atoms with Crippen molar-refractivity contribution in [2.45, 2.75) is 17.9 Å². The largest absolute Gasteiger partial charge is 0.309 e. The molecule has 1 unspecified atom stereocenters. The maximum absolute atomic E-state index is 12.2. The molecule has 0 spiro atoms. The number of rotatable bonds is 6. The van der Waals surface area contributed by atoms with Gasteiger partial charge in [-0.3, -0.25) is 0 Å². The lowest BCUT2D eigenvalue weighted by Crippen LogP contribution is -2.26. The predicted molar refractivity (Wildman–Crippen MR) is 91.4 cm³/mol. The Morgan fingerprint density at radius 3 is 2.32 bits per heavy atom. The lowest BCUT2D eigenvalue weighted by atomic mass is 10.1. The van der Waals surface area contributed by atoms with Gasteiger partial charge in [0.2, 0.25) is 0 Å². The van der Waals surface area contributed by atoms with Gasteiger partial charge >= 0.3 is 0 Å². The third kappa shape index (κ3) is 4.46. The van der Waals surface area contributed by atoms with Gasteiger partial charge in [-0.15, -0.1) is 0 Å². The number of sulfone groups is 1. The average Bonchev–Trinajstić information content (AvgIpc) is 2.48. The molecule has 0 heterocycles. The Kier molecular flexibility index (Phi) is 5.87. The van der Waals surface area contributed by atoms with Gasteiger partial charge < -0.3 is 5.32 Å². The Morgan fingerprint density at radius 2 is 1.68 bits per heavy atom.